The minimum atomic E-state index is -0.675. The zero-order chi connectivity index (χ0) is 20.2. The lowest BCUT2D eigenvalue weighted by Crippen LogP contribution is -2.39. The van der Waals surface area contributed by atoms with E-state index in [9.17, 15) is 19.2 Å². The van der Waals surface area contributed by atoms with Crippen LogP contribution in [-0.2, 0) is 28.6 Å². The molecule has 8 nitrogen and oxygen atoms in total. The minimum absolute atomic E-state index is 0.0114. The Morgan fingerprint density at radius 2 is 1.42 bits per heavy atom. The van der Waals surface area contributed by atoms with Gasteiger partial charge < -0.3 is 19.1 Å². The highest BCUT2D eigenvalue weighted by molar-refractivity contribution is 5.95. The summed E-state index contributed by atoms with van der Waals surface area (Å²) in [6.07, 6.45) is -0.310. The Balaban J connectivity index is 4.61. The van der Waals surface area contributed by atoms with Crippen molar-refractivity contribution in [2.75, 3.05) is 26.3 Å². The normalized spacial score (nSPS) is 10.8. The molecule has 0 aliphatic carbocycles. The fraction of sp³-hybridized carbons (Fsp3) is 0.778. The molecule has 0 saturated carbocycles. The van der Waals surface area contributed by atoms with Gasteiger partial charge in [0.2, 0.25) is 0 Å². The molecule has 8 heteroatoms. The lowest BCUT2D eigenvalue weighted by molar-refractivity contribution is -0.146. The van der Waals surface area contributed by atoms with E-state index in [4.69, 9.17) is 14.2 Å². The van der Waals surface area contributed by atoms with Crippen LogP contribution in [0.4, 0.5) is 4.79 Å². The second-order valence-corrected chi connectivity index (χ2v) is 6.65. The van der Waals surface area contributed by atoms with Crippen molar-refractivity contribution in [2.45, 2.75) is 65.9 Å². The number of carbonyl (C=O) groups is 4. The summed E-state index contributed by atoms with van der Waals surface area (Å²) in [7, 11) is 0. The lowest BCUT2D eigenvalue weighted by Gasteiger charge is -2.27. The number of nitrogens with zero attached hydrogens (tertiary/aromatic N) is 1. The first kappa shape index (κ1) is 23.9. The van der Waals surface area contributed by atoms with Crippen molar-refractivity contribution in [2.24, 2.45) is 0 Å². The standard InChI is InChI=1S/C18H31NO7/c1-6-24-15(21)9-8-11-19(17(23)26-18(3,4)5)12-10-14(20)13-16(22)25-7-2/h6-13H2,1-5H3. The highest BCUT2D eigenvalue weighted by Crippen LogP contribution is 2.11. The topological polar surface area (TPSA) is 99.2 Å². The smallest absolute Gasteiger partial charge is 0.410 e. The molecule has 0 saturated heterocycles. The van der Waals surface area contributed by atoms with Gasteiger partial charge in [-0.3, -0.25) is 14.4 Å². The minimum Gasteiger partial charge on any atom is -0.466 e. The molecule has 0 aromatic rings. The van der Waals surface area contributed by atoms with Crippen LogP contribution in [0.3, 0.4) is 0 Å². The predicted molar refractivity (Wildman–Crippen MR) is 94.5 cm³/mol. The average molecular weight is 373 g/mol. The zero-order valence-corrected chi connectivity index (χ0v) is 16.5. The maximum Gasteiger partial charge on any atom is 0.410 e. The van der Waals surface area contributed by atoms with Gasteiger partial charge in [-0.15, -0.1) is 0 Å². The van der Waals surface area contributed by atoms with E-state index in [-0.39, 0.29) is 50.7 Å². The van der Waals surface area contributed by atoms with E-state index in [1.54, 1.807) is 34.6 Å². The van der Waals surface area contributed by atoms with E-state index in [0.29, 0.717) is 13.0 Å². The Bertz CT molecular complexity index is 482. The fourth-order valence-electron chi connectivity index (χ4n) is 1.99. The Morgan fingerprint density at radius 3 is 1.96 bits per heavy atom. The SMILES string of the molecule is CCOC(=O)CCCN(CCC(=O)CC(=O)OCC)C(=O)OC(C)(C)C. The number of rotatable bonds is 11. The van der Waals surface area contributed by atoms with Crippen LogP contribution in [0, 0.1) is 0 Å². The third-order valence-corrected chi connectivity index (χ3v) is 3.07. The Kier molecular flexibility index (Phi) is 11.3. The highest BCUT2D eigenvalue weighted by Gasteiger charge is 2.23. The van der Waals surface area contributed by atoms with Crippen molar-refractivity contribution in [1.29, 1.82) is 0 Å². The maximum absolute atomic E-state index is 12.3. The van der Waals surface area contributed by atoms with Crippen LogP contribution in [0.1, 0.15) is 60.3 Å². The first-order chi connectivity index (χ1) is 12.1. The molecule has 0 bridgehead atoms. The largest absolute Gasteiger partial charge is 0.466 e. The molecule has 0 spiro atoms. The van der Waals surface area contributed by atoms with Gasteiger partial charge in [0.05, 0.1) is 13.2 Å². The maximum atomic E-state index is 12.3. The number of ether oxygens (including phenoxy) is 3. The Morgan fingerprint density at radius 1 is 0.846 bits per heavy atom. The first-order valence-corrected chi connectivity index (χ1v) is 8.89. The summed E-state index contributed by atoms with van der Waals surface area (Å²) in [5.41, 5.74) is -0.675. The second-order valence-electron chi connectivity index (χ2n) is 6.65. The van der Waals surface area contributed by atoms with Gasteiger partial charge in [0.15, 0.2) is 0 Å². The third-order valence-electron chi connectivity index (χ3n) is 3.07. The van der Waals surface area contributed by atoms with Crippen LogP contribution in [-0.4, -0.2) is 60.6 Å². The van der Waals surface area contributed by atoms with Gasteiger partial charge in [0.1, 0.15) is 17.8 Å². The summed E-state index contributed by atoms with van der Waals surface area (Å²) in [5, 5.41) is 0. The van der Waals surface area contributed by atoms with Gasteiger partial charge in [-0.25, -0.2) is 4.79 Å². The first-order valence-electron chi connectivity index (χ1n) is 8.89. The summed E-state index contributed by atoms with van der Waals surface area (Å²) in [4.78, 5) is 48.2. The predicted octanol–water partition coefficient (Wildman–Crippen LogP) is 2.48. The number of esters is 2. The molecule has 0 rings (SSSR count). The molecule has 0 N–H and O–H groups in total. The van der Waals surface area contributed by atoms with Crippen molar-refractivity contribution in [3.63, 3.8) is 0 Å². The van der Waals surface area contributed by atoms with E-state index >= 15 is 0 Å². The summed E-state index contributed by atoms with van der Waals surface area (Å²) < 4.78 is 14.9. The van der Waals surface area contributed by atoms with E-state index in [1.807, 2.05) is 0 Å². The van der Waals surface area contributed by atoms with Crippen molar-refractivity contribution >= 4 is 23.8 Å². The number of ketones is 1. The number of hydrogen-bond acceptors (Lipinski definition) is 7. The molecule has 0 atom stereocenters. The Labute approximate surface area is 155 Å². The molecule has 0 heterocycles. The molecule has 0 aliphatic heterocycles. The van der Waals surface area contributed by atoms with Crippen LogP contribution in [0.15, 0.2) is 0 Å². The molecule has 1 amide bonds. The van der Waals surface area contributed by atoms with Gasteiger partial charge in [-0.05, 0) is 41.0 Å². The summed E-state index contributed by atoms with van der Waals surface area (Å²) in [6, 6.07) is 0. The molecule has 0 aromatic heterocycles. The van der Waals surface area contributed by atoms with Crippen molar-refractivity contribution in [3.05, 3.63) is 0 Å². The van der Waals surface area contributed by atoms with E-state index in [2.05, 4.69) is 0 Å². The third kappa shape index (κ3) is 12.3. The molecule has 0 aromatic carbocycles. The number of Topliss-reactive ketones (excluding diaryl/α,β-unsaturated/α-hetero) is 1. The number of hydrogen-bond donors (Lipinski definition) is 0. The van der Waals surface area contributed by atoms with Crippen LogP contribution < -0.4 is 0 Å². The van der Waals surface area contributed by atoms with E-state index in [0.717, 1.165) is 0 Å². The average Bonchev–Trinajstić information content (AvgIpc) is 2.49. The summed E-state index contributed by atoms with van der Waals surface area (Å²) >= 11 is 0. The quantitative estimate of drug-likeness (QED) is 0.312. The van der Waals surface area contributed by atoms with E-state index in [1.165, 1.54) is 4.90 Å². The van der Waals surface area contributed by atoms with Crippen LogP contribution in [0.25, 0.3) is 0 Å². The van der Waals surface area contributed by atoms with Gasteiger partial charge >= 0.3 is 18.0 Å². The number of amides is 1. The molecule has 0 unspecified atom stereocenters. The van der Waals surface area contributed by atoms with E-state index < -0.39 is 17.7 Å². The van der Waals surface area contributed by atoms with Crippen LogP contribution in [0.5, 0.6) is 0 Å². The molecular weight excluding hydrogens is 342 g/mol. The van der Waals surface area contributed by atoms with Crippen molar-refractivity contribution in [1.82, 2.24) is 4.90 Å². The van der Waals surface area contributed by atoms with Crippen LogP contribution in [0.2, 0.25) is 0 Å². The van der Waals surface area contributed by atoms with Gasteiger partial charge in [-0.2, -0.15) is 0 Å². The molecule has 26 heavy (non-hydrogen) atoms. The monoisotopic (exact) mass is 373 g/mol. The van der Waals surface area contributed by atoms with Gasteiger partial charge in [0.25, 0.3) is 0 Å². The molecular formula is C18H31NO7. The van der Waals surface area contributed by atoms with Gasteiger partial charge in [0, 0.05) is 25.9 Å². The molecule has 150 valence electrons. The summed E-state index contributed by atoms with van der Waals surface area (Å²) in [6.45, 7) is 9.49. The van der Waals surface area contributed by atoms with Crippen LogP contribution >= 0.6 is 0 Å². The lowest BCUT2D eigenvalue weighted by atomic mass is 10.2. The number of carbonyl (C=O) groups excluding carboxylic acids is 4. The molecule has 0 fully saturated rings. The second kappa shape index (κ2) is 12.3. The van der Waals surface area contributed by atoms with Crippen molar-refractivity contribution < 1.29 is 33.4 Å². The molecule has 0 aliphatic rings. The fourth-order valence-corrected chi connectivity index (χ4v) is 1.99. The zero-order valence-electron chi connectivity index (χ0n) is 16.5. The van der Waals surface area contributed by atoms with Gasteiger partial charge in [-0.1, -0.05) is 0 Å². The summed E-state index contributed by atoms with van der Waals surface area (Å²) in [5.74, 6) is -1.24. The molecule has 0 radical (unpaired) electrons. The highest BCUT2D eigenvalue weighted by atomic mass is 16.6. The van der Waals surface area contributed by atoms with Crippen molar-refractivity contribution in [3.8, 4) is 0 Å². The Hall–Kier alpha value is -2.12.